The minimum Gasteiger partial charge on any atom is -0.506 e. The molecule has 2 aromatic rings. The average Bonchev–Trinajstić information content (AvgIpc) is 2.74. The number of hydrogen-bond donors (Lipinski definition) is 4. The number of carbonyl (C=O) groups excluding carboxylic acids is 2. The van der Waals surface area contributed by atoms with E-state index in [9.17, 15) is 19.8 Å². The standard InChI is InChI=1S/2C9H8Br2N2O3/c2*1-16-9(15)13-12-4-5-2-6(10)3-7(11)8(5)14/h2*2-4,14H,1H3,(H,13,15)/b2*12-4+. The Balaban J connectivity index is 0.000000320. The highest BCUT2D eigenvalue weighted by Gasteiger charge is 2.06. The zero-order chi connectivity index (χ0) is 24.3. The molecule has 0 bridgehead atoms. The highest BCUT2D eigenvalue weighted by Crippen LogP contribution is 2.31. The number of rotatable bonds is 4. The number of hydrogen-bond acceptors (Lipinski definition) is 8. The lowest BCUT2D eigenvalue weighted by Gasteiger charge is -2.02. The summed E-state index contributed by atoms with van der Waals surface area (Å²) in [6.07, 6.45) is 1.26. The SMILES string of the molecule is COC(=O)N/N=C/c1cc(Br)cc(Br)c1O.COC(=O)N/N=C/c1cc(Br)cc(Br)c1O. The Hall–Kier alpha value is -2.16. The summed E-state index contributed by atoms with van der Waals surface area (Å²) in [5.74, 6) is 0.0808. The van der Waals surface area contributed by atoms with Gasteiger partial charge in [-0.25, -0.2) is 20.4 Å². The number of aromatic hydroxyl groups is 2. The number of hydrazone groups is 2. The van der Waals surface area contributed by atoms with Crippen LogP contribution in [0.3, 0.4) is 0 Å². The molecule has 0 aromatic heterocycles. The Morgan fingerprint density at radius 2 is 1.12 bits per heavy atom. The number of nitrogens with one attached hydrogen (secondary N) is 2. The van der Waals surface area contributed by atoms with Crippen molar-refractivity contribution in [3.05, 3.63) is 53.3 Å². The third-order valence-corrected chi connectivity index (χ3v) is 5.33. The van der Waals surface area contributed by atoms with Crippen molar-refractivity contribution < 1.29 is 29.3 Å². The smallest absolute Gasteiger partial charge is 0.427 e. The fourth-order valence-electron chi connectivity index (χ4n) is 1.77. The van der Waals surface area contributed by atoms with Crippen LogP contribution in [0.5, 0.6) is 11.5 Å². The van der Waals surface area contributed by atoms with Gasteiger partial charge in [-0.1, -0.05) is 31.9 Å². The Morgan fingerprint density at radius 3 is 1.44 bits per heavy atom. The van der Waals surface area contributed by atoms with Crippen molar-refractivity contribution in [2.75, 3.05) is 14.2 Å². The van der Waals surface area contributed by atoms with Gasteiger partial charge in [-0.05, 0) is 56.1 Å². The third kappa shape index (κ3) is 9.54. The molecule has 0 atom stereocenters. The molecule has 0 saturated heterocycles. The predicted octanol–water partition coefficient (Wildman–Crippen LogP) is 5.21. The second-order valence-corrected chi connectivity index (χ2v) is 8.91. The van der Waals surface area contributed by atoms with Gasteiger partial charge in [0.25, 0.3) is 0 Å². The van der Waals surface area contributed by atoms with E-state index in [1.165, 1.54) is 26.6 Å². The van der Waals surface area contributed by atoms with E-state index in [1.807, 2.05) is 0 Å². The molecular formula is C18H16Br4N4O6. The quantitative estimate of drug-likeness (QED) is 0.255. The number of amides is 2. The summed E-state index contributed by atoms with van der Waals surface area (Å²) >= 11 is 12.9. The van der Waals surface area contributed by atoms with Gasteiger partial charge in [-0.3, -0.25) is 0 Å². The van der Waals surface area contributed by atoms with Crippen LogP contribution in [0.15, 0.2) is 52.4 Å². The first-order valence-corrected chi connectivity index (χ1v) is 11.4. The van der Waals surface area contributed by atoms with Crippen LogP contribution in [0.2, 0.25) is 0 Å². The van der Waals surface area contributed by atoms with E-state index in [1.54, 1.807) is 24.3 Å². The van der Waals surface area contributed by atoms with Crippen molar-refractivity contribution in [2.24, 2.45) is 10.2 Å². The molecule has 2 aromatic carbocycles. The second kappa shape index (κ2) is 14.1. The van der Waals surface area contributed by atoms with Gasteiger partial charge in [-0.15, -0.1) is 0 Å². The zero-order valence-corrected chi connectivity index (χ0v) is 22.7. The minimum absolute atomic E-state index is 0.0404. The molecule has 10 nitrogen and oxygen atoms in total. The van der Waals surface area contributed by atoms with Crippen molar-refractivity contribution in [2.45, 2.75) is 0 Å². The first-order valence-electron chi connectivity index (χ1n) is 8.19. The van der Waals surface area contributed by atoms with Crippen LogP contribution in [0.1, 0.15) is 11.1 Å². The Labute approximate surface area is 216 Å². The minimum atomic E-state index is -0.676. The molecule has 172 valence electrons. The van der Waals surface area contributed by atoms with E-state index in [4.69, 9.17) is 0 Å². The fraction of sp³-hybridized carbons (Fsp3) is 0.111. The summed E-state index contributed by atoms with van der Waals surface area (Å²) in [4.78, 5) is 21.4. The molecule has 0 unspecified atom stereocenters. The topological polar surface area (TPSA) is 142 Å². The summed E-state index contributed by atoms with van der Waals surface area (Å²) in [5.41, 5.74) is 5.14. The van der Waals surface area contributed by atoms with Crippen LogP contribution in [0.25, 0.3) is 0 Å². The van der Waals surface area contributed by atoms with Gasteiger partial charge < -0.3 is 19.7 Å². The van der Waals surface area contributed by atoms with Crippen LogP contribution in [-0.4, -0.2) is 49.0 Å². The van der Waals surface area contributed by atoms with Crippen molar-refractivity contribution in [3.63, 3.8) is 0 Å². The lowest BCUT2D eigenvalue weighted by molar-refractivity contribution is 0.170. The summed E-state index contributed by atoms with van der Waals surface area (Å²) in [6, 6.07) is 6.70. The van der Waals surface area contributed by atoms with Gasteiger partial charge in [0.1, 0.15) is 11.5 Å². The average molecular weight is 704 g/mol. The van der Waals surface area contributed by atoms with Crippen molar-refractivity contribution in [3.8, 4) is 11.5 Å². The van der Waals surface area contributed by atoms with Crippen molar-refractivity contribution in [1.29, 1.82) is 0 Å². The van der Waals surface area contributed by atoms with Gasteiger partial charge in [-0.2, -0.15) is 10.2 Å². The fourth-order valence-corrected chi connectivity index (χ4v) is 4.29. The molecule has 4 N–H and O–H groups in total. The highest BCUT2D eigenvalue weighted by atomic mass is 79.9. The molecule has 0 radical (unpaired) electrons. The maximum atomic E-state index is 10.7. The first kappa shape index (κ1) is 27.9. The Kier molecular flexibility index (Phi) is 12.3. The monoisotopic (exact) mass is 700 g/mol. The van der Waals surface area contributed by atoms with E-state index >= 15 is 0 Å². The highest BCUT2D eigenvalue weighted by molar-refractivity contribution is 9.11. The number of carbonyl (C=O) groups is 2. The number of phenolic OH excluding ortho intramolecular Hbond substituents is 2. The van der Waals surface area contributed by atoms with E-state index in [0.29, 0.717) is 20.1 Å². The number of ether oxygens (including phenoxy) is 2. The predicted molar refractivity (Wildman–Crippen MR) is 133 cm³/mol. The maximum Gasteiger partial charge on any atom is 0.427 e. The number of halogens is 4. The zero-order valence-electron chi connectivity index (χ0n) is 16.4. The molecular weight excluding hydrogens is 688 g/mol. The summed E-state index contributed by atoms with van der Waals surface area (Å²) < 4.78 is 11.2. The largest absolute Gasteiger partial charge is 0.506 e. The van der Waals surface area contributed by atoms with Gasteiger partial charge in [0.15, 0.2) is 0 Å². The Morgan fingerprint density at radius 1 is 0.781 bits per heavy atom. The molecule has 0 aliphatic heterocycles. The molecule has 0 fully saturated rings. The van der Waals surface area contributed by atoms with Crippen LogP contribution in [0.4, 0.5) is 9.59 Å². The van der Waals surface area contributed by atoms with E-state index in [2.05, 4.69) is 94.2 Å². The molecule has 2 rings (SSSR count). The summed E-state index contributed by atoms with van der Waals surface area (Å²) in [5, 5.41) is 26.5. The molecule has 0 saturated carbocycles. The van der Waals surface area contributed by atoms with Crippen LogP contribution < -0.4 is 10.9 Å². The lowest BCUT2D eigenvalue weighted by atomic mass is 10.2. The molecule has 0 spiro atoms. The van der Waals surface area contributed by atoms with Gasteiger partial charge in [0.2, 0.25) is 0 Å². The van der Waals surface area contributed by atoms with Crippen molar-refractivity contribution >= 4 is 88.3 Å². The molecule has 0 aliphatic carbocycles. The maximum absolute atomic E-state index is 10.7. The molecule has 32 heavy (non-hydrogen) atoms. The lowest BCUT2D eigenvalue weighted by Crippen LogP contribution is -2.16. The molecule has 0 aliphatic rings. The summed E-state index contributed by atoms with van der Waals surface area (Å²) in [6.45, 7) is 0. The number of phenols is 2. The van der Waals surface area contributed by atoms with E-state index < -0.39 is 12.2 Å². The molecule has 2 amide bonds. The number of benzene rings is 2. The van der Waals surface area contributed by atoms with Crippen LogP contribution >= 0.6 is 63.7 Å². The molecule has 0 heterocycles. The Bertz CT molecular complexity index is 952. The molecule has 14 heteroatoms. The number of methoxy groups -OCH3 is 2. The van der Waals surface area contributed by atoms with E-state index in [0.717, 1.165) is 8.95 Å². The summed E-state index contributed by atoms with van der Waals surface area (Å²) in [7, 11) is 2.47. The first-order chi connectivity index (χ1) is 15.1. The van der Waals surface area contributed by atoms with Crippen molar-refractivity contribution in [1.82, 2.24) is 10.9 Å². The normalized spacial score (nSPS) is 10.4. The van der Waals surface area contributed by atoms with Crippen LogP contribution in [0, 0.1) is 0 Å². The van der Waals surface area contributed by atoms with Gasteiger partial charge >= 0.3 is 12.2 Å². The van der Waals surface area contributed by atoms with Gasteiger partial charge in [0, 0.05) is 20.1 Å². The van der Waals surface area contributed by atoms with E-state index in [-0.39, 0.29) is 11.5 Å². The second-order valence-electron chi connectivity index (χ2n) is 5.37. The third-order valence-electron chi connectivity index (χ3n) is 3.21. The number of nitrogens with zero attached hydrogens (tertiary/aromatic N) is 2. The van der Waals surface area contributed by atoms with Gasteiger partial charge in [0.05, 0.1) is 35.6 Å². The van der Waals surface area contributed by atoms with Crippen LogP contribution in [-0.2, 0) is 9.47 Å².